The molecule has 0 saturated carbocycles. The summed E-state index contributed by atoms with van der Waals surface area (Å²) in [5, 5.41) is 8.57. The minimum atomic E-state index is -0.296. The zero-order chi connectivity index (χ0) is 9.68. The van der Waals surface area contributed by atoms with Crippen LogP contribution in [0.25, 0.3) is 0 Å². The van der Waals surface area contributed by atoms with Gasteiger partial charge in [0.2, 0.25) is 0 Å². The predicted molar refractivity (Wildman–Crippen MR) is 46.9 cm³/mol. The molecule has 1 aliphatic rings. The molecule has 1 aliphatic heterocycles. The largest absolute Gasteiger partial charge is 0.450 e. The Balaban J connectivity index is 2.46. The van der Waals surface area contributed by atoms with E-state index >= 15 is 0 Å². The Morgan fingerprint density at radius 2 is 2.62 bits per heavy atom. The predicted octanol–water partition coefficient (Wildman–Crippen LogP) is 1.30. The summed E-state index contributed by atoms with van der Waals surface area (Å²) in [6.07, 6.45) is 2.10. The van der Waals surface area contributed by atoms with Crippen LogP contribution in [0.2, 0.25) is 0 Å². The molecule has 0 spiro atoms. The van der Waals surface area contributed by atoms with Gasteiger partial charge in [-0.2, -0.15) is 5.26 Å². The molecule has 1 heterocycles. The lowest BCUT2D eigenvalue weighted by atomic mass is 10.1. The summed E-state index contributed by atoms with van der Waals surface area (Å²) >= 11 is 0. The lowest BCUT2D eigenvalue weighted by Gasteiger charge is -2.23. The monoisotopic (exact) mass is 180 g/mol. The van der Waals surface area contributed by atoms with Crippen LogP contribution in [0, 0.1) is 11.3 Å². The molecule has 0 aliphatic carbocycles. The van der Waals surface area contributed by atoms with Gasteiger partial charge in [0.25, 0.3) is 0 Å². The fraction of sp³-hybridized carbons (Fsp3) is 0.556. The average Bonchev–Trinajstić information content (AvgIpc) is 2.18. The van der Waals surface area contributed by atoms with Crippen LogP contribution in [0.5, 0.6) is 0 Å². The quantitative estimate of drug-likeness (QED) is 0.611. The summed E-state index contributed by atoms with van der Waals surface area (Å²) < 4.78 is 4.83. The smallest absolute Gasteiger partial charge is 0.410 e. The van der Waals surface area contributed by atoms with E-state index in [0.29, 0.717) is 26.1 Å². The molecule has 0 aromatic heterocycles. The molecule has 0 saturated heterocycles. The van der Waals surface area contributed by atoms with Crippen LogP contribution >= 0.6 is 0 Å². The summed E-state index contributed by atoms with van der Waals surface area (Å²) in [7, 11) is 0. The van der Waals surface area contributed by atoms with Gasteiger partial charge in [0.1, 0.15) is 0 Å². The first-order valence-electron chi connectivity index (χ1n) is 4.28. The highest BCUT2D eigenvalue weighted by Gasteiger charge is 2.17. The Bertz CT molecular complexity index is 265. The van der Waals surface area contributed by atoms with E-state index in [-0.39, 0.29) is 6.09 Å². The lowest BCUT2D eigenvalue weighted by molar-refractivity contribution is 0.110. The van der Waals surface area contributed by atoms with Crippen molar-refractivity contribution >= 4 is 6.09 Å². The van der Waals surface area contributed by atoms with Crippen LogP contribution < -0.4 is 0 Å². The van der Waals surface area contributed by atoms with E-state index in [1.54, 1.807) is 17.9 Å². The number of rotatable bonds is 1. The van der Waals surface area contributed by atoms with Gasteiger partial charge in [-0.05, 0) is 13.3 Å². The van der Waals surface area contributed by atoms with Crippen molar-refractivity contribution in [3.8, 4) is 6.07 Å². The maximum Gasteiger partial charge on any atom is 0.410 e. The molecule has 4 nitrogen and oxygen atoms in total. The second-order valence-electron chi connectivity index (χ2n) is 2.74. The van der Waals surface area contributed by atoms with Crippen molar-refractivity contribution < 1.29 is 9.53 Å². The Kier molecular flexibility index (Phi) is 3.32. The molecular formula is C9H12N2O2. The number of carbonyl (C=O) groups is 1. The Morgan fingerprint density at radius 3 is 3.08 bits per heavy atom. The van der Waals surface area contributed by atoms with Crippen molar-refractivity contribution in [2.24, 2.45) is 0 Å². The minimum absolute atomic E-state index is 0.296. The molecule has 0 bridgehead atoms. The van der Waals surface area contributed by atoms with E-state index in [4.69, 9.17) is 10.00 Å². The zero-order valence-corrected chi connectivity index (χ0v) is 7.62. The minimum Gasteiger partial charge on any atom is -0.450 e. The highest BCUT2D eigenvalue weighted by Crippen LogP contribution is 2.10. The topological polar surface area (TPSA) is 53.3 Å². The van der Waals surface area contributed by atoms with Crippen LogP contribution in [-0.2, 0) is 4.74 Å². The molecule has 1 amide bonds. The second kappa shape index (κ2) is 4.51. The molecule has 13 heavy (non-hydrogen) atoms. The highest BCUT2D eigenvalue weighted by molar-refractivity contribution is 5.68. The summed E-state index contributed by atoms with van der Waals surface area (Å²) in [5.74, 6) is 0. The second-order valence-corrected chi connectivity index (χ2v) is 2.74. The fourth-order valence-electron chi connectivity index (χ4n) is 1.15. The lowest BCUT2D eigenvalue weighted by Crippen LogP contribution is -2.35. The standard InChI is InChI=1S/C9H12N2O2/c1-2-13-9(12)11-5-3-8(7-10)4-6-11/h3H,2,4-6H2,1H3. The van der Waals surface area contributed by atoms with Crippen LogP contribution in [0.3, 0.4) is 0 Å². The number of amides is 1. The third-order valence-electron chi connectivity index (χ3n) is 1.88. The van der Waals surface area contributed by atoms with Gasteiger partial charge in [-0.1, -0.05) is 6.08 Å². The summed E-state index contributed by atoms with van der Waals surface area (Å²) in [5.41, 5.74) is 0.751. The Hall–Kier alpha value is -1.50. The average molecular weight is 180 g/mol. The van der Waals surface area contributed by atoms with Gasteiger partial charge in [0.05, 0.1) is 12.7 Å². The third kappa shape index (κ3) is 2.48. The Morgan fingerprint density at radius 1 is 1.85 bits per heavy atom. The van der Waals surface area contributed by atoms with Gasteiger partial charge < -0.3 is 9.64 Å². The van der Waals surface area contributed by atoms with Crippen LogP contribution in [0.15, 0.2) is 11.6 Å². The van der Waals surface area contributed by atoms with Crippen molar-refractivity contribution in [2.75, 3.05) is 19.7 Å². The number of hydrogen-bond donors (Lipinski definition) is 0. The van der Waals surface area contributed by atoms with Gasteiger partial charge in [-0.15, -0.1) is 0 Å². The van der Waals surface area contributed by atoms with Gasteiger partial charge >= 0.3 is 6.09 Å². The first-order chi connectivity index (χ1) is 6.27. The van der Waals surface area contributed by atoms with Crippen molar-refractivity contribution in [2.45, 2.75) is 13.3 Å². The van der Waals surface area contributed by atoms with E-state index in [2.05, 4.69) is 6.07 Å². The number of carbonyl (C=O) groups excluding carboxylic acids is 1. The molecule has 70 valence electrons. The maximum atomic E-state index is 11.2. The Labute approximate surface area is 77.4 Å². The van der Waals surface area contributed by atoms with Crippen molar-refractivity contribution in [1.82, 2.24) is 4.90 Å². The number of nitriles is 1. The summed E-state index contributed by atoms with van der Waals surface area (Å²) in [4.78, 5) is 12.8. The number of nitrogens with zero attached hydrogens (tertiary/aromatic N) is 2. The molecule has 0 atom stereocenters. The summed E-state index contributed by atoms with van der Waals surface area (Å²) in [6, 6.07) is 2.08. The highest BCUT2D eigenvalue weighted by atomic mass is 16.6. The van der Waals surface area contributed by atoms with Crippen molar-refractivity contribution in [3.05, 3.63) is 11.6 Å². The van der Waals surface area contributed by atoms with Crippen LogP contribution in [0.4, 0.5) is 4.79 Å². The van der Waals surface area contributed by atoms with Gasteiger partial charge in [-0.25, -0.2) is 4.79 Å². The van der Waals surface area contributed by atoms with Gasteiger partial charge in [-0.3, -0.25) is 0 Å². The first-order valence-corrected chi connectivity index (χ1v) is 4.28. The third-order valence-corrected chi connectivity index (χ3v) is 1.88. The SMILES string of the molecule is CCOC(=O)N1CC=C(C#N)CC1. The molecule has 0 unspecified atom stereocenters. The normalized spacial score (nSPS) is 16.0. The fourth-order valence-corrected chi connectivity index (χ4v) is 1.15. The number of hydrogen-bond acceptors (Lipinski definition) is 3. The van der Waals surface area contributed by atoms with Crippen LogP contribution in [-0.4, -0.2) is 30.7 Å². The zero-order valence-electron chi connectivity index (χ0n) is 7.62. The molecule has 0 N–H and O–H groups in total. The number of ether oxygens (including phenoxy) is 1. The van der Waals surface area contributed by atoms with E-state index in [1.165, 1.54) is 0 Å². The molecular weight excluding hydrogens is 168 g/mol. The van der Waals surface area contributed by atoms with Crippen molar-refractivity contribution in [1.29, 1.82) is 5.26 Å². The molecule has 0 fully saturated rings. The molecule has 0 aromatic carbocycles. The first kappa shape index (κ1) is 9.59. The van der Waals surface area contributed by atoms with Crippen LogP contribution in [0.1, 0.15) is 13.3 Å². The van der Waals surface area contributed by atoms with E-state index < -0.39 is 0 Å². The molecule has 1 rings (SSSR count). The van der Waals surface area contributed by atoms with Crippen molar-refractivity contribution in [3.63, 3.8) is 0 Å². The maximum absolute atomic E-state index is 11.2. The molecule has 0 aromatic rings. The van der Waals surface area contributed by atoms with E-state index in [9.17, 15) is 4.79 Å². The van der Waals surface area contributed by atoms with Gasteiger partial charge in [0, 0.05) is 18.7 Å². The van der Waals surface area contributed by atoms with E-state index in [1.807, 2.05) is 0 Å². The van der Waals surface area contributed by atoms with E-state index in [0.717, 1.165) is 5.57 Å². The van der Waals surface area contributed by atoms with Gasteiger partial charge in [0.15, 0.2) is 0 Å². The molecule has 4 heteroatoms. The summed E-state index contributed by atoms with van der Waals surface area (Å²) in [6.45, 7) is 3.24. The molecule has 0 radical (unpaired) electrons.